The highest BCUT2D eigenvalue weighted by Gasteiger charge is 2.26. The fraction of sp³-hybridized carbons (Fsp3) is 0.357. The van der Waals surface area contributed by atoms with Crippen LogP contribution in [0.15, 0.2) is 35.7 Å². The fourth-order valence-electron chi connectivity index (χ4n) is 1.76. The van der Waals surface area contributed by atoms with Crippen molar-refractivity contribution in [3.8, 4) is 0 Å². The van der Waals surface area contributed by atoms with Crippen molar-refractivity contribution in [2.75, 3.05) is 0 Å². The van der Waals surface area contributed by atoms with Gasteiger partial charge in [-0.15, -0.1) is 11.3 Å². The predicted octanol–water partition coefficient (Wildman–Crippen LogP) is 3.49. The van der Waals surface area contributed by atoms with Gasteiger partial charge in [-0.25, -0.2) is 4.98 Å². The van der Waals surface area contributed by atoms with E-state index in [0.717, 1.165) is 10.7 Å². The summed E-state index contributed by atoms with van der Waals surface area (Å²) in [4.78, 5) is 4.65. The number of nitrogens with two attached hydrogens (primary N) is 1. The molecule has 0 aliphatic carbocycles. The van der Waals surface area contributed by atoms with Crippen molar-refractivity contribution in [2.24, 2.45) is 5.73 Å². The van der Waals surface area contributed by atoms with E-state index in [0.29, 0.717) is 0 Å². The Morgan fingerprint density at radius 2 is 1.88 bits per heavy atom. The number of thiazole rings is 1. The first kappa shape index (κ1) is 12.3. The van der Waals surface area contributed by atoms with E-state index in [-0.39, 0.29) is 11.5 Å². The molecule has 0 fully saturated rings. The summed E-state index contributed by atoms with van der Waals surface area (Å²) in [7, 11) is 0. The maximum atomic E-state index is 5.85. The van der Waals surface area contributed by atoms with E-state index in [1.54, 1.807) is 11.3 Å². The lowest BCUT2D eigenvalue weighted by molar-refractivity contribution is 0.627. The summed E-state index contributed by atoms with van der Waals surface area (Å²) in [5, 5.41) is 3.18. The first-order valence-electron chi connectivity index (χ1n) is 5.79. The van der Waals surface area contributed by atoms with E-state index >= 15 is 0 Å². The summed E-state index contributed by atoms with van der Waals surface area (Å²) in [6, 6.07) is 10.5. The lowest BCUT2D eigenvalue weighted by Crippen LogP contribution is -2.19. The van der Waals surface area contributed by atoms with E-state index in [4.69, 9.17) is 5.73 Å². The molecular formula is C14H18N2S. The molecule has 2 N–H and O–H groups in total. The van der Waals surface area contributed by atoms with Crippen LogP contribution in [-0.4, -0.2) is 4.98 Å². The van der Waals surface area contributed by atoms with E-state index in [9.17, 15) is 0 Å². The van der Waals surface area contributed by atoms with E-state index in [1.807, 2.05) is 13.0 Å². The molecular weight excluding hydrogens is 228 g/mol. The standard InChI is InChI=1S/C14H18N2S/c1-10(15)12-9-17-13(16-12)14(2,3)11-7-5-4-6-8-11/h4-10H,15H2,1-3H3. The number of benzene rings is 1. The normalized spacial score (nSPS) is 13.6. The van der Waals surface area contributed by atoms with Crippen molar-refractivity contribution in [3.05, 3.63) is 52.0 Å². The molecule has 1 heterocycles. The summed E-state index contributed by atoms with van der Waals surface area (Å²) in [5.41, 5.74) is 8.06. The van der Waals surface area contributed by atoms with Crippen LogP contribution in [0.2, 0.25) is 0 Å². The van der Waals surface area contributed by atoms with Gasteiger partial charge < -0.3 is 5.73 Å². The molecule has 0 saturated carbocycles. The van der Waals surface area contributed by atoms with Crippen LogP contribution in [0.25, 0.3) is 0 Å². The summed E-state index contributed by atoms with van der Waals surface area (Å²) >= 11 is 1.69. The van der Waals surface area contributed by atoms with Crippen molar-refractivity contribution >= 4 is 11.3 Å². The summed E-state index contributed by atoms with van der Waals surface area (Å²) in [5.74, 6) is 0. The van der Waals surface area contributed by atoms with Crippen LogP contribution in [0.3, 0.4) is 0 Å². The molecule has 2 aromatic rings. The summed E-state index contributed by atoms with van der Waals surface area (Å²) in [6.07, 6.45) is 0. The zero-order valence-corrected chi connectivity index (χ0v) is 11.3. The van der Waals surface area contributed by atoms with Gasteiger partial charge in [0.1, 0.15) is 5.01 Å². The second kappa shape index (κ2) is 4.59. The van der Waals surface area contributed by atoms with Crippen LogP contribution in [-0.2, 0) is 5.41 Å². The third-order valence-corrected chi connectivity index (χ3v) is 4.20. The van der Waals surface area contributed by atoms with E-state index in [1.165, 1.54) is 5.56 Å². The number of aromatic nitrogens is 1. The Bertz CT molecular complexity index is 486. The third-order valence-electron chi connectivity index (χ3n) is 3.02. The van der Waals surface area contributed by atoms with Gasteiger partial charge in [-0.05, 0) is 26.3 Å². The molecule has 1 unspecified atom stereocenters. The van der Waals surface area contributed by atoms with Gasteiger partial charge in [0.15, 0.2) is 0 Å². The van der Waals surface area contributed by atoms with E-state index in [2.05, 4.69) is 48.5 Å². The van der Waals surface area contributed by atoms with Crippen LogP contribution in [0.1, 0.15) is 43.1 Å². The predicted molar refractivity (Wildman–Crippen MR) is 73.3 cm³/mol. The lowest BCUT2D eigenvalue weighted by Gasteiger charge is -2.22. The fourth-order valence-corrected chi connectivity index (χ4v) is 2.83. The number of nitrogens with zero attached hydrogens (tertiary/aromatic N) is 1. The Labute approximate surface area is 107 Å². The van der Waals surface area contributed by atoms with Crippen LogP contribution in [0.4, 0.5) is 0 Å². The van der Waals surface area contributed by atoms with Crippen LogP contribution < -0.4 is 5.73 Å². The molecule has 1 aromatic heterocycles. The average Bonchev–Trinajstić information content (AvgIpc) is 2.80. The molecule has 0 bridgehead atoms. The second-order valence-corrected chi connectivity index (χ2v) is 5.72. The first-order chi connectivity index (χ1) is 8.01. The monoisotopic (exact) mass is 246 g/mol. The van der Waals surface area contributed by atoms with Gasteiger partial charge in [0.2, 0.25) is 0 Å². The van der Waals surface area contributed by atoms with Crippen LogP contribution in [0.5, 0.6) is 0 Å². The third kappa shape index (κ3) is 2.40. The molecule has 2 nitrogen and oxygen atoms in total. The minimum atomic E-state index is -0.0565. The highest BCUT2D eigenvalue weighted by Crippen LogP contribution is 2.33. The van der Waals surface area contributed by atoms with Gasteiger partial charge in [0, 0.05) is 16.8 Å². The van der Waals surface area contributed by atoms with Gasteiger partial charge in [-0.3, -0.25) is 0 Å². The maximum absolute atomic E-state index is 5.85. The molecule has 0 aliphatic rings. The van der Waals surface area contributed by atoms with Crippen LogP contribution in [0, 0.1) is 0 Å². The Hall–Kier alpha value is -1.19. The molecule has 0 amide bonds. The van der Waals surface area contributed by atoms with Gasteiger partial charge >= 0.3 is 0 Å². The molecule has 1 atom stereocenters. The minimum absolute atomic E-state index is 0.00609. The Morgan fingerprint density at radius 3 is 2.41 bits per heavy atom. The van der Waals surface area contributed by atoms with Crippen molar-refractivity contribution < 1.29 is 0 Å². The lowest BCUT2D eigenvalue weighted by atomic mass is 9.85. The molecule has 2 rings (SSSR count). The molecule has 0 aliphatic heterocycles. The average molecular weight is 246 g/mol. The Balaban J connectivity index is 2.37. The SMILES string of the molecule is CC(N)c1csc(C(C)(C)c2ccccc2)n1. The van der Waals surface area contributed by atoms with E-state index < -0.39 is 0 Å². The van der Waals surface area contributed by atoms with Gasteiger partial charge in [0.05, 0.1) is 5.69 Å². The zero-order valence-electron chi connectivity index (χ0n) is 10.5. The van der Waals surface area contributed by atoms with Gasteiger partial charge in [-0.1, -0.05) is 30.3 Å². The molecule has 90 valence electrons. The minimum Gasteiger partial charge on any atom is -0.323 e. The topological polar surface area (TPSA) is 38.9 Å². The summed E-state index contributed by atoms with van der Waals surface area (Å²) in [6.45, 7) is 6.37. The molecule has 17 heavy (non-hydrogen) atoms. The number of hydrogen-bond acceptors (Lipinski definition) is 3. The molecule has 3 heteroatoms. The number of rotatable bonds is 3. The largest absolute Gasteiger partial charge is 0.323 e. The quantitative estimate of drug-likeness (QED) is 0.900. The first-order valence-corrected chi connectivity index (χ1v) is 6.67. The van der Waals surface area contributed by atoms with Gasteiger partial charge in [0.25, 0.3) is 0 Å². The Kier molecular flexibility index (Phi) is 3.31. The van der Waals surface area contributed by atoms with Gasteiger partial charge in [-0.2, -0.15) is 0 Å². The number of hydrogen-bond donors (Lipinski definition) is 1. The molecule has 0 spiro atoms. The highest BCUT2D eigenvalue weighted by atomic mass is 32.1. The smallest absolute Gasteiger partial charge is 0.103 e. The molecule has 1 aromatic carbocycles. The molecule has 0 saturated heterocycles. The summed E-state index contributed by atoms with van der Waals surface area (Å²) < 4.78 is 0. The van der Waals surface area contributed by atoms with Crippen LogP contribution >= 0.6 is 11.3 Å². The zero-order chi connectivity index (χ0) is 12.5. The second-order valence-electron chi connectivity index (χ2n) is 4.86. The highest BCUT2D eigenvalue weighted by molar-refractivity contribution is 7.09. The maximum Gasteiger partial charge on any atom is 0.103 e. The Morgan fingerprint density at radius 1 is 1.24 bits per heavy atom. The van der Waals surface area contributed by atoms with Crippen molar-refractivity contribution in [1.29, 1.82) is 0 Å². The molecule has 0 radical (unpaired) electrons. The van der Waals surface area contributed by atoms with Crippen molar-refractivity contribution in [2.45, 2.75) is 32.2 Å². The van der Waals surface area contributed by atoms with Crippen molar-refractivity contribution in [3.63, 3.8) is 0 Å². The van der Waals surface area contributed by atoms with Crippen molar-refractivity contribution in [1.82, 2.24) is 4.98 Å².